The third-order valence-corrected chi connectivity index (χ3v) is 4.93. The summed E-state index contributed by atoms with van der Waals surface area (Å²) in [5, 5.41) is 3.00. The number of nitrogens with one attached hydrogen (secondary N) is 1. The van der Waals surface area contributed by atoms with E-state index in [9.17, 15) is 13.2 Å². The van der Waals surface area contributed by atoms with Crippen LogP contribution in [0.3, 0.4) is 0 Å². The highest BCUT2D eigenvalue weighted by Crippen LogP contribution is 2.32. The van der Waals surface area contributed by atoms with Crippen LogP contribution >= 0.6 is 0 Å². The van der Waals surface area contributed by atoms with E-state index in [-0.39, 0.29) is 24.2 Å². The number of hydrogen-bond donors (Lipinski definition) is 1. The van der Waals surface area contributed by atoms with Gasteiger partial charge in [0.25, 0.3) is 0 Å². The number of carbonyl (C=O) groups is 1. The van der Waals surface area contributed by atoms with E-state index in [2.05, 4.69) is 10.3 Å². The first-order valence-corrected chi connectivity index (χ1v) is 9.81. The lowest BCUT2D eigenvalue weighted by atomic mass is 10.2. The van der Waals surface area contributed by atoms with Gasteiger partial charge in [0.1, 0.15) is 18.1 Å². The number of aromatic nitrogens is 2. The molecule has 3 rings (SSSR count). The third-order valence-electron chi connectivity index (χ3n) is 4.14. The van der Waals surface area contributed by atoms with Crippen molar-refractivity contribution in [2.45, 2.75) is 38.1 Å². The average molecular weight is 335 g/mol. The second-order valence-corrected chi connectivity index (χ2v) is 8.51. The quantitative estimate of drug-likeness (QED) is 0.867. The average Bonchev–Trinajstić information content (AvgIpc) is 3.24. The Labute approximate surface area is 135 Å². The van der Waals surface area contributed by atoms with E-state index >= 15 is 0 Å². The number of imidazole rings is 1. The fraction of sp³-hybridized carbons (Fsp3) is 0.500. The van der Waals surface area contributed by atoms with E-state index in [1.165, 1.54) is 6.26 Å². The second kappa shape index (κ2) is 5.96. The molecule has 0 spiro atoms. The first kappa shape index (κ1) is 16.0. The summed E-state index contributed by atoms with van der Waals surface area (Å²) in [7, 11) is -3.22. The van der Waals surface area contributed by atoms with Crippen LogP contribution in [0.4, 0.5) is 0 Å². The number of carbonyl (C=O) groups excluding carboxylic acids is 1. The zero-order valence-electron chi connectivity index (χ0n) is 13.3. The second-order valence-electron chi connectivity index (χ2n) is 6.37. The van der Waals surface area contributed by atoms with Gasteiger partial charge in [-0.2, -0.15) is 0 Å². The van der Waals surface area contributed by atoms with E-state index in [4.69, 9.17) is 0 Å². The Kier molecular flexibility index (Phi) is 4.14. The molecule has 124 valence electrons. The number of nitrogens with zero attached hydrogens (tertiary/aromatic N) is 2. The molecule has 1 aromatic heterocycles. The molecule has 6 nitrogen and oxygen atoms in total. The SMILES string of the molecule is CC(NC(=O)Cn1c(CS(C)(=O)=O)nc2ccccc21)C1CC1. The maximum atomic E-state index is 12.3. The predicted octanol–water partition coefficient (Wildman–Crippen LogP) is 1.50. The third kappa shape index (κ3) is 3.90. The smallest absolute Gasteiger partial charge is 0.240 e. The molecule has 1 amide bonds. The van der Waals surface area contributed by atoms with Gasteiger partial charge in [-0.25, -0.2) is 13.4 Å². The highest BCUT2D eigenvalue weighted by atomic mass is 32.2. The summed E-state index contributed by atoms with van der Waals surface area (Å²) >= 11 is 0. The van der Waals surface area contributed by atoms with Crippen LogP contribution in [0.25, 0.3) is 11.0 Å². The first-order chi connectivity index (χ1) is 10.8. The predicted molar refractivity (Wildman–Crippen MR) is 88.6 cm³/mol. The van der Waals surface area contributed by atoms with Crippen LogP contribution in [0, 0.1) is 5.92 Å². The summed E-state index contributed by atoms with van der Waals surface area (Å²) in [6.45, 7) is 2.10. The zero-order valence-corrected chi connectivity index (χ0v) is 14.1. The Morgan fingerprint density at radius 1 is 1.39 bits per heavy atom. The van der Waals surface area contributed by atoms with Crippen LogP contribution in [0.1, 0.15) is 25.6 Å². The number of sulfone groups is 1. The zero-order chi connectivity index (χ0) is 16.6. The molecule has 1 unspecified atom stereocenters. The van der Waals surface area contributed by atoms with Crippen LogP contribution in [0.5, 0.6) is 0 Å². The maximum Gasteiger partial charge on any atom is 0.240 e. The molecule has 2 aromatic rings. The molecular weight excluding hydrogens is 314 g/mol. The van der Waals surface area contributed by atoms with Gasteiger partial charge in [0.15, 0.2) is 9.84 Å². The van der Waals surface area contributed by atoms with Gasteiger partial charge in [0.05, 0.1) is 11.0 Å². The monoisotopic (exact) mass is 335 g/mol. The topological polar surface area (TPSA) is 81.1 Å². The summed E-state index contributed by atoms with van der Waals surface area (Å²) in [6, 6.07) is 7.54. The number of benzene rings is 1. The van der Waals surface area contributed by atoms with E-state index < -0.39 is 9.84 Å². The van der Waals surface area contributed by atoms with Crippen molar-refractivity contribution in [3.63, 3.8) is 0 Å². The lowest BCUT2D eigenvalue weighted by Gasteiger charge is -2.14. The molecule has 1 aliphatic carbocycles. The molecule has 1 aromatic carbocycles. The highest BCUT2D eigenvalue weighted by molar-refractivity contribution is 7.89. The Morgan fingerprint density at radius 3 is 2.74 bits per heavy atom. The number of amides is 1. The van der Waals surface area contributed by atoms with Crippen molar-refractivity contribution in [2.24, 2.45) is 5.92 Å². The van der Waals surface area contributed by atoms with Crippen molar-refractivity contribution in [1.82, 2.24) is 14.9 Å². The Hall–Kier alpha value is -1.89. The van der Waals surface area contributed by atoms with Crippen LogP contribution in [-0.4, -0.2) is 36.2 Å². The highest BCUT2D eigenvalue weighted by Gasteiger charge is 2.29. The van der Waals surface area contributed by atoms with Crippen molar-refractivity contribution in [3.05, 3.63) is 30.1 Å². The van der Waals surface area contributed by atoms with E-state index in [0.717, 1.165) is 18.4 Å². The molecule has 0 aliphatic heterocycles. The summed E-state index contributed by atoms with van der Waals surface area (Å²) in [4.78, 5) is 16.7. The van der Waals surface area contributed by atoms with Crippen molar-refractivity contribution in [2.75, 3.05) is 6.26 Å². The Balaban J connectivity index is 1.87. The largest absolute Gasteiger partial charge is 0.352 e. The minimum absolute atomic E-state index is 0.0857. The lowest BCUT2D eigenvalue weighted by molar-refractivity contribution is -0.122. The van der Waals surface area contributed by atoms with Gasteiger partial charge >= 0.3 is 0 Å². The Bertz CT molecular complexity index is 837. The van der Waals surface area contributed by atoms with Crippen LogP contribution in [0.2, 0.25) is 0 Å². The number of rotatable bonds is 6. The molecule has 0 saturated heterocycles. The minimum atomic E-state index is -3.22. The molecule has 1 saturated carbocycles. The standard InChI is InChI=1S/C16H21N3O3S/c1-11(12-7-8-12)17-16(20)9-19-14-6-4-3-5-13(14)18-15(19)10-23(2,21)22/h3-6,11-12H,7-10H2,1-2H3,(H,17,20). The van der Waals surface area contributed by atoms with Gasteiger partial charge in [-0.3, -0.25) is 4.79 Å². The first-order valence-electron chi connectivity index (χ1n) is 7.75. The molecule has 7 heteroatoms. The van der Waals surface area contributed by atoms with Crippen LogP contribution in [0.15, 0.2) is 24.3 Å². The molecule has 23 heavy (non-hydrogen) atoms. The number of para-hydroxylation sites is 2. The number of fused-ring (bicyclic) bond motifs is 1. The van der Waals surface area contributed by atoms with Gasteiger partial charge < -0.3 is 9.88 Å². The molecule has 1 fully saturated rings. The normalized spacial score (nSPS) is 16.4. The molecule has 1 N–H and O–H groups in total. The maximum absolute atomic E-state index is 12.3. The van der Waals surface area contributed by atoms with Gasteiger partial charge in [-0.15, -0.1) is 0 Å². The van der Waals surface area contributed by atoms with Crippen LogP contribution < -0.4 is 5.32 Å². The van der Waals surface area contributed by atoms with Gasteiger partial charge in [0.2, 0.25) is 5.91 Å². The van der Waals surface area contributed by atoms with E-state index in [1.807, 2.05) is 31.2 Å². The summed E-state index contributed by atoms with van der Waals surface area (Å²) in [6.07, 6.45) is 3.50. The molecule has 1 atom stereocenters. The van der Waals surface area contributed by atoms with Gasteiger partial charge in [-0.05, 0) is 37.8 Å². The number of hydrogen-bond acceptors (Lipinski definition) is 4. The van der Waals surface area contributed by atoms with Crippen molar-refractivity contribution in [1.29, 1.82) is 0 Å². The molecule has 1 aliphatic rings. The van der Waals surface area contributed by atoms with Crippen molar-refractivity contribution < 1.29 is 13.2 Å². The molecular formula is C16H21N3O3S. The summed E-state index contributed by atoms with van der Waals surface area (Å²) in [5.41, 5.74) is 1.48. The minimum Gasteiger partial charge on any atom is -0.352 e. The van der Waals surface area contributed by atoms with Crippen molar-refractivity contribution >= 4 is 26.8 Å². The fourth-order valence-corrected chi connectivity index (χ4v) is 3.49. The molecule has 0 bridgehead atoms. The molecule has 1 heterocycles. The molecule has 0 radical (unpaired) electrons. The summed E-state index contributed by atoms with van der Waals surface area (Å²) in [5.74, 6) is 0.701. The van der Waals surface area contributed by atoms with Gasteiger partial charge in [0, 0.05) is 12.3 Å². The van der Waals surface area contributed by atoms with E-state index in [0.29, 0.717) is 17.3 Å². The lowest BCUT2D eigenvalue weighted by Crippen LogP contribution is -2.36. The fourth-order valence-electron chi connectivity index (χ4n) is 2.80. The van der Waals surface area contributed by atoms with Gasteiger partial charge in [-0.1, -0.05) is 12.1 Å². The van der Waals surface area contributed by atoms with E-state index in [1.54, 1.807) is 4.57 Å². The van der Waals surface area contributed by atoms with Crippen molar-refractivity contribution in [3.8, 4) is 0 Å². The Morgan fingerprint density at radius 2 is 2.09 bits per heavy atom. The summed E-state index contributed by atoms with van der Waals surface area (Å²) < 4.78 is 25.0. The van der Waals surface area contributed by atoms with Crippen LogP contribution in [-0.2, 0) is 26.9 Å².